The minimum atomic E-state index is 0.754. The number of ether oxygens (including phenoxy) is 1. The maximum Gasteiger partial charge on any atom is 0.119 e. The molecule has 2 N–H and O–H groups in total. The molecule has 0 aromatic heterocycles. The molecule has 0 amide bonds. The average Bonchev–Trinajstić information content (AvgIpc) is 2.85. The zero-order chi connectivity index (χ0) is 11.9. The molecule has 17 heavy (non-hydrogen) atoms. The lowest BCUT2D eigenvalue weighted by atomic mass is 10.2. The molecule has 2 rings (SSSR count). The van der Waals surface area contributed by atoms with E-state index in [4.69, 9.17) is 10.6 Å². The van der Waals surface area contributed by atoms with E-state index in [1.54, 1.807) is 6.21 Å². The molecular formula is C13H19N3O. The van der Waals surface area contributed by atoms with Crippen molar-refractivity contribution in [3.05, 3.63) is 29.8 Å². The smallest absolute Gasteiger partial charge is 0.119 e. The maximum absolute atomic E-state index is 5.68. The summed E-state index contributed by atoms with van der Waals surface area (Å²) in [5, 5.41) is 3.48. The van der Waals surface area contributed by atoms with Gasteiger partial charge in [-0.25, -0.2) is 0 Å². The summed E-state index contributed by atoms with van der Waals surface area (Å²) in [4.78, 5) is 2.44. The van der Waals surface area contributed by atoms with E-state index < -0.39 is 0 Å². The minimum absolute atomic E-state index is 0.754. The Morgan fingerprint density at radius 2 is 1.94 bits per heavy atom. The molecule has 1 fully saturated rings. The second-order valence-corrected chi connectivity index (χ2v) is 4.24. The van der Waals surface area contributed by atoms with Gasteiger partial charge in [-0.1, -0.05) is 0 Å². The van der Waals surface area contributed by atoms with E-state index in [1.165, 1.54) is 25.9 Å². The molecule has 1 aliphatic rings. The van der Waals surface area contributed by atoms with Gasteiger partial charge in [-0.3, -0.25) is 4.90 Å². The van der Waals surface area contributed by atoms with E-state index in [2.05, 4.69) is 10.0 Å². The van der Waals surface area contributed by atoms with Crippen LogP contribution in [0.3, 0.4) is 0 Å². The SMILES string of the molecule is NN=Cc1ccc(OCCN2CCCC2)cc1. The lowest BCUT2D eigenvalue weighted by Gasteiger charge is -2.14. The van der Waals surface area contributed by atoms with Crippen molar-refractivity contribution in [1.82, 2.24) is 4.90 Å². The number of likely N-dealkylation sites (tertiary alicyclic amines) is 1. The quantitative estimate of drug-likeness (QED) is 0.476. The van der Waals surface area contributed by atoms with E-state index in [1.807, 2.05) is 24.3 Å². The molecule has 0 saturated carbocycles. The minimum Gasteiger partial charge on any atom is -0.492 e. The van der Waals surface area contributed by atoms with Crippen LogP contribution in [0.1, 0.15) is 18.4 Å². The summed E-state index contributed by atoms with van der Waals surface area (Å²) in [6.45, 7) is 4.21. The number of hydrazone groups is 1. The lowest BCUT2D eigenvalue weighted by Crippen LogP contribution is -2.25. The summed E-state index contributed by atoms with van der Waals surface area (Å²) in [6, 6.07) is 7.78. The fourth-order valence-electron chi connectivity index (χ4n) is 2.04. The zero-order valence-electron chi connectivity index (χ0n) is 10.0. The molecular weight excluding hydrogens is 214 g/mol. The Balaban J connectivity index is 1.74. The molecule has 1 aliphatic heterocycles. The molecule has 0 aliphatic carbocycles. The van der Waals surface area contributed by atoms with Crippen LogP contribution in [0.25, 0.3) is 0 Å². The average molecular weight is 233 g/mol. The molecule has 0 spiro atoms. The van der Waals surface area contributed by atoms with Gasteiger partial charge in [0.05, 0.1) is 6.21 Å². The molecule has 0 atom stereocenters. The van der Waals surface area contributed by atoms with Gasteiger partial charge in [0.25, 0.3) is 0 Å². The van der Waals surface area contributed by atoms with Crippen molar-refractivity contribution >= 4 is 6.21 Å². The van der Waals surface area contributed by atoms with Gasteiger partial charge in [0, 0.05) is 6.54 Å². The Hall–Kier alpha value is -1.55. The van der Waals surface area contributed by atoms with Crippen LogP contribution < -0.4 is 10.6 Å². The third-order valence-corrected chi connectivity index (χ3v) is 2.98. The Kier molecular flexibility index (Phi) is 4.38. The van der Waals surface area contributed by atoms with Crippen LogP contribution in [0, 0.1) is 0 Å². The van der Waals surface area contributed by atoms with Crippen LogP contribution >= 0.6 is 0 Å². The van der Waals surface area contributed by atoms with Gasteiger partial charge in [-0.2, -0.15) is 5.10 Å². The predicted octanol–water partition coefficient (Wildman–Crippen LogP) is 1.45. The molecule has 92 valence electrons. The molecule has 0 radical (unpaired) electrons. The van der Waals surface area contributed by atoms with E-state index in [0.717, 1.165) is 24.5 Å². The van der Waals surface area contributed by atoms with Crippen molar-refractivity contribution in [2.75, 3.05) is 26.2 Å². The Morgan fingerprint density at radius 1 is 1.24 bits per heavy atom. The topological polar surface area (TPSA) is 50.9 Å². The first-order chi connectivity index (χ1) is 8.38. The number of nitrogens with two attached hydrogens (primary N) is 1. The zero-order valence-corrected chi connectivity index (χ0v) is 10.0. The van der Waals surface area contributed by atoms with Gasteiger partial charge in [0.2, 0.25) is 0 Å². The van der Waals surface area contributed by atoms with E-state index >= 15 is 0 Å². The number of hydrogen-bond acceptors (Lipinski definition) is 4. The maximum atomic E-state index is 5.68. The van der Waals surface area contributed by atoms with Crippen LogP contribution in [0.15, 0.2) is 29.4 Å². The van der Waals surface area contributed by atoms with Gasteiger partial charge < -0.3 is 10.6 Å². The van der Waals surface area contributed by atoms with Crippen molar-refractivity contribution in [2.45, 2.75) is 12.8 Å². The highest BCUT2D eigenvalue weighted by Gasteiger charge is 2.10. The third kappa shape index (κ3) is 3.75. The van der Waals surface area contributed by atoms with E-state index in [0.29, 0.717) is 0 Å². The highest BCUT2D eigenvalue weighted by atomic mass is 16.5. The lowest BCUT2D eigenvalue weighted by molar-refractivity contribution is 0.238. The van der Waals surface area contributed by atoms with Crippen LogP contribution in [-0.2, 0) is 0 Å². The van der Waals surface area contributed by atoms with Gasteiger partial charge >= 0.3 is 0 Å². The predicted molar refractivity (Wildman–Crippen MR) is 69.4 cm³/mol. The molecule has 4 heteroatoms. The standard InChI is InChI=1S/C13H19N3O/c14-15-11-12-3-5-13(6-4-12)17-10-9-16-7-1-2-8-16/h3-6,11H,1-2,7-10,14H2. The second-order valence-electron chi connectivity index (χ2n) is 4.24. The molecule has 0 unspecified atom stereocenters. The molecule has 4 nitrogen and oxygen atoms in total. The van der Waals surface area contributed by atoms with Crippen molar-refractivity contribution in [1.29, 1.82) is 0 Å². The number of rotatable bonds is 5. The first-order valence-corrected chi connectivity index (χ1v) is 6.07. The fraction of sp³-hybridized carbons (Fsp3) is 0.462. The van der Waals surface area contributed by atoms with Gasteiger partial charge in [-0.05, 0) is 55.8 Å². The number of nitrogens with zero attached hydrogens (tertiary/aromatic N) is 2. The Bertz CT molecular complexity index is 355. The van der Waals surface area contributed by atoms with Crippen molar-refractivity contribution in [3.8, 4) is 5.75 Å². The largest absolute Gasteiger partial charge is 0.492 e. The summed E-state index contributed by atoms with van der Waals surface area (Å²) in [6.07, 6.45) is 4.27. The normalized spacial score (nSPS) is 16.7. The van der Waals surface area contributed by atoms with Crippen LogP contribution in [-0.4, -0.2) is 37.4 Å². The summed E-state index contributed by atoms with van der Waals surface area (Å²) in [5.41, 5.74) is 0.986. The first-order valence-electron chi connectivity index (χ1n) is 6.07. The van der Waals surface area contributed by atoms with Crippen LogP contribution in [0.5, 0.6) is 5.75 Å². The van der Waals surface area contributed by atoms with E-state index in [-0.39, 0.29) is 0 Å². The van der Waals surface area contributed by atoms with Gasteiger partial charge in [0.15, 0.2) is 0 Å². The first kappa shape index (κ1) is 11.9. The van der Waals surface area contributed by atoms with Crippen molar-refractivity contribution in [3.63, 3.8) is 0 Å². The van der Waals surface area contributed by atoms with Crippen molar-refractivity contribution < 1.29 is 4.74 Å². The van der Waals surface area contributed by atoms with Crippen molar-refractivity contribution in [2.24, 2.45) is 10.9 Å². The number of benzene rings is 1. The Labute approximate surface area is 102 Å². The summed E-state index contributed by atoms with van der Waals surface area (Å²) in [7, 11) is 0. The second kappa shape index (κ2) is 6.25. The summed E-state index contributed by atoms with van der Waals surface area (Å²) in [5.74, 6) is 5.98. The van der Waals surface area contributed by atoms with Gasteiger partial charge in [0.1, 0.15) is 12.4 Å². The fourth-order valence-corrected chi connectivity index (χ4v) is 2.04. The highest BCUT2D eigenvalue weighted by Crippen LogP contribution is 2.12. The molecule has 1 aromatic rings. The van der Waals surface area contributed by atoms with E-state index in [9.17, 15) is 0 Å². The summed E-state index contributed by atoms with van der Waals surface area (Å²) >= 11 is 0. The highest BCUT2D eigenvalue weighted by molar-refractivity contribution is 5.79. The van der Waals surface area contributed by atoms with Gasteiger partial charge in [-0.15, -0.1) is 0 Å². The monoisotopic (exact) mass is 233 g/mol. The molecule has 1 heterocycles. The molecule has 1 aromatic carbocycles. The van der Waals surface area contributed by atoms with Crippen LogP contribution in [0.4, 0.5) is 0 Å². The van der Waals surface area contributed by atoms with Crippen LogP contribution in [0.2, 0.25) is 0 Å². The molecule has 0 bridgehead atoms. The number of hydrogen-bond donors (Lipinski definition) is 1. The summed E-state index contributed by atoms with van der Waals surface area (Å²) < 4.78 is 5.68. The third-order valence-electron chi connectivity index (χ3n) is 2.98. The Morgan fingerprint density at radius 3 is 2.59 bits per heavy atom. The molecule has 1 saturated heterocycles.